The average Bonchev–Trinajstić information content (AvgIpc) is 3.04. The number of aromatic nitrogens is 4. The number of fused-ring (bicyclic) bond motifs is 1. The van der Waals surface area contributed by atoms with Crippen LogP contribution in [0.1, 0.15) is 18.8 Å². The minimum atomic E-state index is -3.83. The third kappa shape index (κ3) is 2.36. The van der Waals surface area contributed by atoms with Crippen LogP contribution in [0.4, 0.5) is 5.82 Å². The van der Waals surface area contributed by atoms with Crippen LogP contribution in [0.25, 0.3) is 5.65 Å². The summed E-state index contributed by atoms with van der Waals surface area (Å²) in [5.74, 6) is 0.478. The number of H-pyrrole nitrogens is 1. The molecule has 0 aromatic carbocycles. The van der Waals surface area contributed by atoms with E-state index in [9.17, 15) is 8.42 Å². The van der Waals surface area contributed by atoms with Gasteiger partial charge >= 0.3 is 0 Å². The van der Waals surface area contributed by atoms with Gasteiger partial charge in [0.2, 0.25) is 0 Å². The smallest absolute Gasteiger partial charge is 0.261 e. The highest BCUT2D eigenvalue weighted by Gasteiger charge is 2.26. The molecule has 0 aliphatic carbocycles. The van der Waals surface area contributed by atoms with Crippen molar-refractivity contribution in [3.63, 3.8) is 0 Å². The maximum atomic E-state index is 12.5. The van der Waals surface area contributed by atoms with Crippen LogP contribution in [0.3, 0.4) is 0 Å². The maximum Gasteiger partial charge on any atom is 0.261 e. The molecule has 0 radical (unpaired) electrons. The summed E-state index contributed by atoms with van der Waals surface area (Å²) in [6.45, 7) is 1.69. The normalized spacial score (nSPS) is 13.6. The Labute approximate surface area is 121 Å². The molecule has 3 heterocycles. The highest BCUT2D eigenvalue weighted by Crippen LogP contribution is 2.21. The molecule has 0 saturated carbocycles. The lowest BCUT2D eigenvalue weighted by atomic mass is 10.3. The lowest BCUT2D eigenvalue weighted by Gasteiger charge is -2.12. The number of sulfonamides is 1. The van der Waals surface area contributed by atoms with E-state index in [0.29, 0.717) is 11.5 Å². The maximum absolute atomic E-state index is 12.5. The number of pyridine rings is 1. The first kappa shape index (κ1) is 13.6. The standard InChI is InChI=1S/C12H14N6O2S/c1-8(11-14-5-6-15-11)17-21(19,20)12-10(13)16-9-4-2-3-7-18(9)12/h2-8,17H,13H2,1H3,(H,14,15). The van der Waals surface area contributed by atoms with Gasteiger partial charge < -0.3 is 10.7 Å². The summed E-state index contributed by atoms with van der Waals surface area (Å²) in [5.41, 5.74) is 6.23. The summed E-state index contributed by atoms with van der Waals surface area (Å²) in [6, 6.07) is 4.64. The van der Waals surface area contributed by atoms with E-state index < -0.39 is 16.1 Å². The Hall–Kier alpha value is -2.39. The van der Waals surface area contributed by atoms with E-state index in [4.69, 9.17) is 5.73 Å². The quantitative estimate of drug-likeness (QED) is 0.655. The molecule has 1 unspecified atom stereocenters. The van der Waals surface area contributed by atoms with Crippen LogP contribution in [0.15, 0.2) is 41.8 Å². The second-order valence-electron chi connectivity index (χ2n) is 4.55. The molecule has 1 atom stereocenters. The Kier molecular flexibility index (Phi) is 3.15. The van der Waals surface area contributed by atoms with Crippen molar-refractivity contribution in [1.29, 1.82) is 0 Å². The predicted octanol–water partition coefficient (Wildman–Crippen LogP) is 0.679. The van der Waals surface area contributed by atoms with E-state index in [2.05, 4.69) is 19.7 Å². The molecule has 110 valence electrons. The minimum Gasteiger partial charge on any atom is -0.381 e. The Morgan fingerprint density at radius 3 is 2.95 bits per heavy atom. The van der Waals surface area contributed by atoms with E-state index in [1.807, 2.05) is 0 Å². The molecule has 0 bridgehead atoms. The summed E-state index contributed by atoms with van der Waals surface area (Å²) < 4.78 is 29.0. The highest BCUT2D eigenvalue weighted by molar-refractivity contribution is 7.89. The number of rotatable bonds is 4. The van der Waals surface area contributed by atoms with Crippen LogP contribution in [0.5, 0.6) is 0 Å². The first-order valence-electron chi connectivity index (χ1n) is 6.23. The van der Waals surface area contributed by atoms with E-state index in [0.717, 1.165) is 0 Å². The number of nitrogens with one attached hydrogen (secondary N) is 2. The van der Waals surface area contributed by atoms with Crippen molar-refractivity contribution in [2.45, 2.75) is 18.0 Å². The topological polar surface area (TPSA) is 118 Å². The Morgan fingerprint density at radius 1 is 1.43 bits per heavy atom. The first-order chi connectivity index (χ1) is 9.99. The number of hydrogen-bond donors (Lipinski definition) is 3. The number of nitrogens with zero attached hydrogens (tertiary/aromatic N) is 3. The van der Waals surface area contributed by atoms with Gasteiger partial charge in [0.15, 0.2) is 10.8 Å². The predicted molar refractivity (Wildman–Crippen MR) is 76.9 cm³/mol. The average molecular weight is 306 g/mol. The summed E-state index contributed by atoms with van der Waals surface area (Å²) >= 11 is 0. The van der Waals surface area contributed by atoms with Crippen molar-refractivity contribution >= 4 is 21.5 Å². The van der Waals surface area contributed by atoms with Crippen LogP contribution in [0, 0.1) is 0 Å². The van der Waals surface area contributed by atoms with Crippen molar-refractivity contribution < 1.29 is 8.42 Å². The third-order valence-corrected chi connectivity index (χ3v) is 4.61. The summed E-state index contributed by atoms with van der Waals surface area (Å²) in [6.07, 6.45) is 4.79. The molecule has 21 heavy (non-hydrogen) atoms. The molecule has 4 N–H and O–H groups in total. The molecule has 3 aromatic heterocycles. The number of anilines is 1. The second kappa shape index (κ2) is 4.86. The zero-order valence-electron chi connectivity index (χ0n) is 11.2. The van der Waals surface area contributed by atoms with Gasteiger partial charge in [-0.15, -0.1) is 0 Å². The van der Waals surface area contributed by atoms with Crippen molar-refractivity contribution in [2.75, 3.05) is 5.73 Å². The highest BCUT2D eigenvalue weighted by atomic mass is 32.2. The molecule has 0 aliphatic heterocycles. The van der Waals surface area contributed by atoms with E-state index in [1.165, 1.54) is 4.40 Å². The number of aromatic amines is 1. The second-order valence-corrected chi connectivity index (χ2v) is 6.18. The summed E-state index contributed by atoms with van der Waals surface area (Å²) in [4.78, 5) is 10.9. The number of hydrogen-bond acceptors (Lipinski definition) is 5. The van der Waals surface area contributed by atoms with Gasteiger partial charge in [-0.1, -0.05) is 6.07 Å². The molecule has 0 fully saturated rings. The number of nitrogen functional groups attached to an aromatic ring is 1. The molecule has 0 amide bonds. The molecule has 0 saturated heterocycles. The van der Waals surface area contributed by atoms with Gasteiger partial charge in [-0.3, -0.25) is 4.40 Å². The molecular formula is C12H14N6O2S. The lowest BCUT2D eigenvalue weighted by Crippen LogP contribution is -2.29. The van der Waals surface area contributed by atoms with E-state index in [1.54, 1.807) is 43.7 Å². The fourth-order valence-corrected chi connectivity index (χ4v) is 3.54. The van der Waals surface area contributed by atoms with Gasteiger partial charge in [-0.05, 0) is 19.1 Å². The van der Waals surface area contributed by atoms with Gasteiger partial charge in [0.05, 0.1) is 6.04 Å². The van der Waals surface area contributed by atoms with E-state index >= 15 is 0 Å². The van der Waals surface area contributed by atoms with Gasteiger partial charge in [-0.2, -0.15) is 4.72 Å². The monoisotopic (exact) mass is 306 g/mol. The molecule has 3 aromatic rings. The SMILES string of the molecule is CC(NS(=O)(=O)c1c(N)nc2ccccn12)c1ncc[nH]1. The number of imidazole rings is 2. The molecule has 3 rings (SSSR count). The van der Waals surface area contributed by atoms with Crippen LogP contribution < -0.4 is 10.5 Å². The van der Waals surface area contributed by atoms with Gasteiger partial charge in [0.1, 0.15) is 11.5 Å². The third-order valence-electron chi connectivity index (χ3n) is 3.03. The van der Waals surface area contributed by atoms with E-state index in [-0.39, 0.29) is 10.8 Å². The molecule has 0 spiro atoms. The largest absolute Gasteiger partial charge is 0.381 e. The molecule has 0 aliphatic rings. The fourth-order valence-electron chi connectivity index (χ4n) is 2.12. The Balaban J connectivity index is 2.03. The van der Waals surface area contributed by atoms with Crippen molar-refractivity contribution in [3.8, 4) is 0 Å². The van der Waals surface area contributed by atoms with Crippen molar-refractivity contribution in [3.05, 3.63) is 42.6 Å². The van der Waals surface area contributed by atoms with Crippen LogP contribution in [0.2, 0.25) is 0 Å². The lowest BCUT2D eigenvalue weighted by molar-refractivity contribution is 0.557. The van der Waals surface area contributed by atoms with Crippen LogP contribution >= 0.6 is 0 Å². The summed E-state index contributed by atoms with van der Waals surface area (Å²) in [5, 5.41) is -0.0727. The van der Waals surface area contributed by atoms with Gasteiger partial charge in [0.25, 0.3) is 10.0 Å². The number of nitrogens with two attached hydrogens (primary N) is 1. The van der Waals surface area contributed by atoms with Gasteiger partial charge in [0, 0.05) is 18.6 Å². The Bertz CT molecular complexity index is 868. The molecule has 9 heteroatoms. The van der Waals surface area contributed by atoms with Gasteiger partial charge in [-0.25, -0.2) is 18.4 Å². The minimum absolute atomic E-state index is 0.0413. The molecular weight excluding hydrogens is 292 g/mol. The van der Waals surface area contributed by atoms with Crippen LogP contribution in [-0.4, -0.2) is 27.8 Å². The van der Waals surface area contributed by atoms with Crippen molar-refractivity contribution in [1.82, 2.24) is 24.1 Å². The Morgan fingerprint density at radius 2 is 2.24 bits per heavy atom. The zero-order chi connectivity index (χ0) is 15.0. The fraction of sp³-hybridized carbons (Fsp3) is 0.167. The molecule has 8 nitrogen and oxygen atoms in total. The van der Waals surface area contributed by atoms with Crippen LogP contribution in [-0.2, 0) is 10.0 Å². The first-order valence-corrected chi connectivity index (χ1v) is 7.71. The zero-order valence-corrected chi connectivity index (χ0v) is 12.0. The van der Waals surface area contributed by atoms with Crippen molar-refractivity contribution in [2.24, 2.45) is 0 Å². The summed E-state index contributed by atoms with van der Waals surface area (Å²) in [7, 11) is -3.83.